The number of halogens is 2. The van der Waals surface area contributed by atoms with E-state index in [-0.39, 0.29) is 28.7 Å². The van der Waals surface area contributed by atoms with Crippen LogP contribution in [0.4, 0.5) is 20.5 Å². The van der Waals surface area contributed by atoms with Gasteiger partial charge in [0.2, 0.25) is 5.95 Å². The van der Waals surface area contributed by atoms with Gasteiger partial charge in [-0.3, -0.25) is 4.90 Å². The summed E-state index contributed by atoms with van der Waals surface area (Å²) in [5.74, 6) is 0.250. The minimum Gasteiger partial charge on any atom is -0.326 e. The number of aromatic nitrogens is 5. The Morgan fingerprint density at radius 1 is 1.08 bits per heavy atom. The summed E-state index contributed by atoms with van der Waals surface area (Å²) in [6, 6.07) is 6.91. The van der Waals surface area contributed by atoms with Crippen LogP contribution < -0.4 is 10.6 Å². The molecule has 1 aromatic carbocycles. The molecule has 1 aliphatic rings. The van der Waals surface area contributed by atoms with E-state index in [0.29, 0.717) is 22.7 Å². The average molecular weight is 507 g/mol. The van der Waals surface area contributed by atoms with Gasteiger partial charge in [0.25, 0.3) is 0 Å². The van der Waals surface area contributed by atoms with Crippen molar-refractivity contribution in [2.75, 3.05) is 25.0 Å². The number of aryl methyl sites for hydroxylation is 1. The van der Waals surface area contributed by atoms with Crippen molar-refractivity contribution < 1.29 is 8.78 Å². The van der Waals surface area contributed by atoms with E-state index in [9.17, 15) is 8.78 Å². The third-order valence-electron chi connectivity index (χ3n) is 6.58. The molecule has 10 heteroatoms. The Morgan fingerprint density at radius 3 is 2.59 bits per heavy atom. The first-order valence-electron chi connectivity index (χ1n) is 12.5. The van der Waals surface area contributed by atoms with Crippen LogP contribution in [0.1, 0.15) is 45.1 Å². The number of rotatable bonds is 6. The quantitative estimate of drug-likeness (QED) is 0.381. The predicted molar refractivity (Wildman–Crippen MR) is 141 cm³/mol. The third kappa shape index (κ3) is 5.30. The molecule has 0 bridgehead atoms. The van der Waals surface area contributed by atoms with Crippen molar-refractivity contribution in [2.45, 2.75) is 52.7 Å². The fourth-order valence-corrected chi connectivity index (χ4v) is 5.03. The fraction of sp³-hybridized carbons (Fsp3) is 0.407. The van der Waals surface area contributed by atoms with Gasteiger partial charge in [-0.25, -0.2) is 28.7 Å². The molecule has 0 radical (unpaired) electrons. The maximum Gasteiger partial charge on any atom is 0.229 e. The summed E-state index contributed by atoms with van der Waals surface area (Å²) in [5.41, 5.74) is 2.37. The number of benzene rings is 1. The molecule has 4 heterocycles. The van der Waals surface area contributed by atoms with Gasteiger partial charge in [0, 0.05) is 49.5 Å². The maximum absolute atomic E-state index is 14.9. The summed E-state index contributed by atoms with van der Waals surface area (Å²) in [5, 5.41) is 6.55. The second-order valence-electron chi connectivity index (χ2n) is 10.5. The zero-order valence-corrected chi connectivity index (χ0v) is 21.8. The van der Waals surface area contributed by atoms with E-state index >= 15 is 0 Å². The molecule has 0 amide bonds. The van der Waals surface area contributed by atoms with Gasteiger partial charge in [0.15, 0.2) is 11.6 Å². The van der Waals surface area contributed by atoms with Gasteiger partial charge in [0.05, 0.1) is 11.7 Å². The molecule has 0 unspecified atom stereocenters. The highest BCUT2D eigenvalue weighted by atomic mass is 19.1. The van der Waals surface area contributed by atoms with E-state index in [0.717, 1.165) is 37.9 Å². The van der Waals surface area contributed by atoms with E-state index in [1.54, 1.807) is 6.07 Å². The third-order valence-corrected chi connectivity index (χ3v) is 6.58. The summed E-state index contributed by atoms with van der Waals surface area (Å²) in [6.07, 6.45) is 2.90. The fourth-order valence-electron chi connectivity index (χ4n) is 5.03. The van der Waals surface area contributed by atoms with E-state index < -0.39 is 11.6 Å². The van der Waals surface area contributed by atoms with E-state index in [4.69, 9.17) is 0 Å². The molecule has 8 nitrogen and oxygen atoms in total. The molecule has 4 aromatic rings. The number of anilines is 2. The summed E-state index contributed by atoms with van der Waals surface area (Å²) in [4.78, 5) is 19.7. The summed E-state index contributed by atoms with van der Waals surface area (Å²) in [7, 11) is 0. The summed E-state index contributed by atoms with van der Waals surface area (Å²) >= 11 is 0. The predicted octanol–water partition coefficient (Wildman–Crippen LogP) is 4.98. The van der Waals surface area contributed by atoms with Gasteiger partial charge >= 0.3 is 0 Å². The molecule has 3 aromatic heterocycles. The second kappa shape index (κ2) is 9.75. The molecule has 1 fully saturated rings. The van der Waals surface area contributed by atoms with Crippen LogP contribution in [0.3, 0.4) is 0 Å². The van der Waals surface area contributed by atoms with Gasteiger partial charge in [-0.05, 0) is 58.4 Å². The lowest BCUT2D eigenvalue weighted by Gasteiger charge is -2.39. The van der Waals surface area contributed by atoms with Crippen molar-refractivity contribution in [3.05, 3.63) is 59.7 Å². The standard InChI is InChI=1S/C27H32F2N8/c1-16(2)37-17(3)33-25-20(28)10-19(11-22(25)37)24-21(29)13-31-26(35-24)34-23-7-6-18(12-30-23)14-36-9-8-32-27(4,5)15-36/h6-7,10-13,16,32H,8-9,14-15H2,1-5H3,(H,30,31,34,35). The first kappa shape index (κ1) is 25.2. The molecule has 2 N–H and O–H groups in total. The first-order valence-corrected chi connectivity index (χ1v) is 12.5. The lowest BCUT2D eigenvalue weighted by atomic mass is 10.0. The minimum absolute atomic E-state index is 0.00500. The minimum atomic E-state index is -0.640. The summed E-state index contributed by atoms with van der Waals surface area (Å²) < 4.78 is 31.7. The lowest BCUT2D eigenvalue weighted by molar-refractivity contribution is 0.148. The highest BCUT2D eigenvalue weighted by Gasteiger charge is 2.25. The second-order valence-corrected chi connectivity index (χ2v) is 10.5. The molecule has 5 rings (SSSR count). The number of imidazole rings is 1. The molecular formula is C27H32F2N8. The Morgan fingerprint density at radius 2 is 1.89 bits per heavy atom. The van der Waals surface area contributed by atoms with E-state index in [1.807, 2.05) is 43.7 Å². The monoisotopic (exact) mass is 506 g/mol. The maximum atomic E-state index is 14.9. The number of nitrogens with zero attached hydrogens (tertiary/aromatic N) is 6. The van der Waals surface area contributed by atoms with Crippen LogP contribution >= 0.6 is 0 Å². The normalized spacial score (nSPS) is 16.0. The topological polar surface area (TPSA) is 83.8 Å². The Labute approximate surface area is 215 Å². The van der Waals surface area contributed by atoms with Crippen LogP contribution in [0.5, 0.6) is 0 Å². The lowest BCUT2D eigenvalue weighted by Crippen LogP contribution is -2.56. The largest absolute Gasteiger partial charge is 0.326 e. The smallest absolute Gasteiger partial charge is 0.229 e. The van der Waals surface area contributed by atoms with Gasteiger partial charge in [0.1, 0.15) is 22.9 Å². The molecule has 1 saturated heterocycles. The van der Waals surface area contributed by atoms with Crippen LogP contribution in [0.25, 0.3) is 22.3 Å². The molecule has 1 aliphatic heterocycles. The van der Waals surface area contributed by atoms with Gasteiger partial charge in [-0.1, -0.05) is 6.07 Å². The Bertz CT molecular complexity index is 1430. The van der Waals surface area contributed by atoms with Gasteiger partial charge in [-0.15, -0.1) is 0 Å². The van der Waals surface area contributed by atoms with Crippen molar-refractivity contribution >= 4 is 22.8 Å². The average Bonchev–Trinajstić information content (AvgIpc) is 3.17. The molecule has 37 heavy (non-hydrogen) atoms. The van der Waals surface area contributed by atoms with Crippen molar-refractivity contribution in [1.29, 1.82) is 0 Å². The highest BCUT2D eigenvalue weighted by molar-refractivity contribution is 5.83. The van der Waals surface area contributed by atoms with E-state index in [1.165, 1.54) is 6.07 Å². The number of piperazine rings is 1. The van der Waals surface area contributed by atoms with Crippen molar-refractivity contribution in [1.82, 2.24) is 34.7 Å². The van der Waals surface area contributed by atoms with Crippen molar-refractivity contribution in [2.24, 2.45) is 0 Å². The number of pyridine rings is 1. The SMILES string of the molecule is Cc1nc2c(F)cc(-c3nc(Nc4ccc(CN5CCNC(C)(C)C5)cn4)ncc3F)cc2n1C(C)C. The molecule has 0 aliphatic carbocycles. The highest BCUT2D eigenvalue weighted by Crippen LogP contribution is 2.30. The zero-order valence-electron chi connectivity index (χ0n) is 21.8. The van der Waals surface area contributed by atoms with Crippen LogP contribution in [0.2, 0.25) is 0 Å². The number of nitrogens with one attached hydrogen (secondary N) is 2. The van der Waals surface area contributed by atoms with Crippen LogP contribution in [-0.2, 0) is 6.54 Å². The number of hydrogen-bond acceptors (Lipinski definition) is 7. The molecule has 194 valence electrons. The Kier molecular flexibility index (Phi) is 6.63. The number of fused-ring (bicyclic) bond motifs is 1. The van der Waals surface area contributed by atoms with Crippen LogP contribution in [-0.4, -0.2) is 54.6 Å². The van der Waals surface area contributed by atoms with E-state index in [2.05, 4.69) is 49.3 Å². The first-order chi connectivity index (χ1) is 17.6. The Balaban J connectivity index is 1.37. The van der Waals surface area contributed by atoms with Crippen molar-refractivity contribution in [3.8, 4) is 11.3 Å². The summed E-state index contributed by atoms with van der Waals surface area (Å²) in [6.45, 7) is 13.9. The van der Waals surface area contributed by atoms with Gasteiger partial charge < -0.3 is 15.2 Å². The molecule has 0 saturated carbocycles. The van der Waals surface area contributed by atoms with Crippen molar-refractivity contribution in [3.63, 3.8) is 0 Å². The number of hydrogen-bond donors (Lipinski definition) is 2. The zero-order chi connectivity index (χ0) is 26.3. The van der Waals surface area contributed by atoms with Crippen LogP contribution in [0.15, 0.2) is 36.7 Å². The van der Waals surface area contributed by atoms with Gasteiger partial charge in [-0.2, -0.15) is 0 Å². The van der Waals surface area contributed by atoms with Crippen LogP contribution in [0, 0.1) is 18.6 Å². The molecule has 0 atom stereocenters. The molecular weight excluding hydrogens is 474 g/mol. The molecule has 0 spiro atoms. The Hall–Kier alpha value is -3.50.